The maximum Gasteiger partial charge on any atom is 0.331 e. The third-order valence-electron chi connectivity index (χ3n) is 4.25. The monoisotopic (exact) mass is 446 g/mol. The molecule has 0 radical (unpaired) electrons. The largest absolute Gasteiger partial charge is 0.493 e. The second kappa shape index (κ2) is 11.5. The van der Waals surface area contributed by atoms with Crippen molar-refractivity contribution in [2.75, 3.05) is 35.5 Å². The molecule has 0 atom stereocenters. The summed E-state index contributed by atoms with van der Waals surface area (Å²) in [7, 11) is 7.38. The van der Waals surface area contributed by atoms with Crippen molar-refractivity contribution in [1.29, 1.82) is 0 Å². The SMILES string of the molecule is COc1cc(COC(=O)/C=C/c2cc(OC)c(OC(C)=O)c(OC)c2)cc(OC)c1OC. The Morgan fingerprint density at radius 2 is 1.25 bits per heavy atom. The summed E-state index contributed by atoms with van der Waals surface area (Å²) in [6.45, 7) is 1.27. The van der Waals surface area contributed by atoms with Crippen LogP contribution in [0.25, 0.3) is 6.08 Å². The second-order valence-corrected chi connectivity index (χ2v) is 6.32. The molecule has 0 spiro atoms. The van der Waals surface area contributed by atoms with Crippen molar-refractivity contribution >= 4 is 18.0 Å². The highest BCUT2D eigenvalue weighted by molar-refractivity contribution is 5.87. The molecule has 0 bridgehead atoms. The summed E-state index contributed by atoms with van der Waals surface area (Å²) < 4.78 is 36.8. The number of hydrogen-bond acceptors (Lipinski definition) is 9. The van der Waals surface area contributed by atoms with Crippen molar-refractivity contribution in [2.45, 2.75) is 13.5 Å². The molecule has 0 aromatic heterocycles. The Morgan fingerprint density at radius 1 is 0.750 bits per heavy atom. The van der Waals surface area contributed by atoms with E-state index in [1.165, 1.54) is 54.6 Å². The van der Waals surface area contributed by atoms with Crippen LogP contribution in [0.4, 0.5) is 0 Å². The number of esters is 2. The van der Waals surface area contributed by atoms with Crippen molar-refractivity contribution in [1.82, 2.24) is 0 Å². The lowest BCUT2D eigenvalue weighted by atomic mass is 10.1. The molecule has 9 nitrogen and oxygen atoms in total. The van der Waals surface area contributed by atoms with Crippen LogP contribution in [0.1, 0.15) is 18.1 Å². The number of carbonyl (C=O) groups is 2. The van der Waals surface area contributed by atoms with Crippen LogP contribution in [-0.2, 0) is 20.9 Å². The molecule has 0 fully saturated rings. The minimum absolute atomic E-state index is 0.00206. The van der Waals surface area contributed by atoms with Gasteiger partial charge in [-0.15, -0.1) is 0 Å². The molecule has 0 N–H and O–H groups in total. The Balaban J connectivity index is 2.15. The Hall–Kier alpha value is -3.88. The van der Waals surface area contributed by atoms with Crippen molar-refractivity contribution in [3.05, 3.63) is 41.5 Å². The van der Waals surface area contributed by atoms with Crippen LogP contribution in [0.2, 0.25) is 0 Å². The Bertz CT molecular complexity index is 945. The highest BCUT2D eigenvalue weighted by Gasteiger charge is 2.16. The molecule has 0 unspecified atom stereocenters. The molecule has 0 saturated carbocycles. The fourth-order valence-electron chi connectivity index (χ4n) is 2.83. The van der Waals surface area contributed by atoms with E-state index in [0.29, 0.717) is 28.4 Å². The van der Waals surface area contributed by atoms with Crippen LogP contribution in [0.15, 0.2) is 30.3 Å². The van der Waals surface area contributed by atoms with Crippen molar-refractivity contribution in [3.8, 4) is 34.5 Å². The van der Waals surface area contributed by atoms with Crippen LogP contribution in [-0.4, -0.2) is 47.5 Å². The first kappa shape index (κ1) is 24.4. The van der Waals surface area contributed by atoms with Crippen LogP contribution in [0.5, 0.6) is 34.5 Å². The molecule has 2 aromatic carbocycles. The number of hydrogen-bond donors (Lipinski definition) is 0. The number of ether oxygens (including phenoxy) is 7. The summed E-state index contributed by atoms with van der Waals surface area (Å²) in [5, 5.41) is 0. The van der Waals surface area contributed by atoms with Gasteiger partial charge in [-0.1, -0.05) is 0 Å². The molecule has 9 heteroatoms. The molecule has 2 rings (SSSR count). The topological polar surface area (TPSA) is 98.8 Å². The standard InChI is InChI=1S/C23H26O9/c1-14(24)32-23-19(28-4)9-15(10-20(23)29-5)7-8-21(25)31-13-16-11-17(26-2)22(30-6)18(12-16)27-3/h7-12H,13H2,1-6H3/b8-7+. The van der Waals surface area contributed by atoms with Crippen molar-refractivity contribution < 1.29 is 42.7 Å². The average molecular weight is 446 g/mol. The highest BCUT2D eigenvalue weighted by atomic mass is 16.6. The predicted octanol–water partition coefficient (Wildman–Crippen LogP) is 3.41. The van der Waals surface area contributed by atoms with E-state index in [1.54, 1.807) is 24.3 Å². The molecular weight excluding hydrogens is 420 g/mol. The van der Waals surface area contributed by atoms with E-state index in [-0.39, 0.29) is 23.9 Å². The van der Waals surface area contributed by atoms with Gasteiger partial charge in [-0.05, 0) is 41.5 Å². The fourth-order valence-corrected chi connectivity index (χ4v) is 2.83. The maximum absolute atomic E-state index is 12.2. The third-order valence-corrected chi connectivity index (χ3v) is 4.25. The van der Waals surface area contributed by atoms with Crippen molar-refractivity contribution in [3.63, 3.8) is 0 Å². The van der Waals surface area contributed by atoms with Gasteiger partial charge in [-0.25, -0.2) is 4.79 Å². The zero-order valence-electron chi connectivity index (χ0n) is 18.8. The molecule has 32 heavy (non-hydrogen) atoms. The number of benzene rings is 2. The van der Waals surface area contributed by atoms with Crippen LogP contribution < -0.4 is 28.4 Å². The normalized spacial score (nSPS) is 10.4. The van der Waals surface area contributed by atoms with E-state index in [4.69, 9.17) is 33.2 Å². The van der Waals surface area contributed by atoms with Gasteiger partial charge in [0, 0.05) is 13.0 Å². The summed E-state index contributed by atoms with van der Waals surface area (Å²) in [6, 6.07) is 6.59. The maximum atomic E-state index is 12.2. The van der Waals surface area contributed by atoms with Gasteiger partial charge in [0.2, 0.25) is 11.5 Å². The molecule has 0 aliphatic rings. The smallest absolute Gasteiger partial charge is 0.331 e. The molecule has 0 saturated heterocycles. The van der Waals surface area contributed by atoms with E-state index < -0.39 is 11.9 Å². The lowest BCUT2D eigenvalue weighted by molar-refractivity contribution is -0.139. The molecule has 0 amide bonds. The predicted molar refractivity (Wildman–Crippen MR) is 116 cm³/mol. The molecule has 172 valence electrons. The summed E-state index contributed by atoms with van der Waals surface area (Å²) >= 11 is 0. The number of rotatable bonds is 10. The second-order valence-electron chi connectivity index (χ2n) is 6.32. The van der Waals surface area contributed by atoms with E-state index in [1.807, 2.05) is 0 Å². The number of carbonyl (C=O) groups excluding carboxylic acids is 2. The molecule has 0 aliphatic heterocycles. The van der Waals surface area contributed by atoms with E-state index >= 15 is 0 Å². The van der Waals surface area contributed by atoms with E-state index in [2.05, 4.69) is 0 Å². The molecule has 0 heterocycles. The molecule has 0 aliphatic carbocycles. The summed E-state index contributed by atoms with van der Waals surface area (Å²) in [5.41, 5.74) is 1.25. The van der Waals surface area contributed by atoms with Crippen LogP contribution in [0, 0.1) is 0 Å². The van der Waals surface area contributed by atoms with Gasteiger partial charge in [0.1, 0.15) is 6.61 Å². The minimum Gasteiger partial charge on any atom is -0.493 e. The van der Waals surface area contributed by atoms with Gasteiger partial charge in [0.25, 0.3) is 0 Å². The van der Waals surface area contributed by atoms with Gasteiger partial charge < -0.3 is 33.2 Å². The first-order chi connectivity index (χ1) is 15.4. The van der Waals surface area contributed by atoms with Crippen molar-refractivity contribution in [2.24, 2.45) is 0 Å². The van der Waals surface area contributed by atoms with Gasteiger partial charge in [0.05, 0.1) is 35.5 Å². The fraction of sp³-hybridized carbons (Fsp3) is 0.304. The number of methoxy groups -OCH3 is 5. The first-order valence-electron chi connectivity index (χ1n) is 9.44. The van der Waals surface area contributed by atoms with E-state index in [0.717, 1.165) is 0 Å². The lowest BCUT2D eigenvalue weighted by Gasteiger charge is -2.14. The van der Waals surface area contributed by atoms with Gasteiger partial charge in [-0.2, -0.15) is 0 Å². The summed E-state index contributed by atoms with van der Waals surface area (Å²) in [5.74, 6) is 1.01. The highest BCUT2D eigenvalue weighted by Crippen LogP contribution is 2.39. The van der Waals surface area contributed by atoms with E-state index in [9.17, 15) is 9.59 Å². The lowest BCUT2D eigenvalue weighted by Crippen LogP contribution is -2.05. The first-order valence-corrected chi connectivity index (χ1v) is 9.44. The molecule has 2 aromatic rings. The third kappa shape index (κ3) is 6.07. The van der Waals surface area contributed by atoms with Crippen LogP contribution >= 0.6 is 0 Å². The quantitative estimate of drug-likeness (QED) is 0.309. The van der Waals surface area contributed by atoms with Gasteiger partial charge >= 0.3 is 11.9 Å². The Labute approximate surface area is 186 Å². The zero-order chi connectivity index (χ0) is 23.7. The summed E-state index contributed by atoms with van der Waals surface area (Å²) in [4.78, 5) is 23.5. The van der Waals surface area contributed by atoms with Crippen LogP contribution in [0.3, 0.4) is 0 Å². The summed E-state index contributed by atoms with van der Waals surface area (Å²) in [6.07, 6.45) is 2.79. The minimum atomic E-state index is -0.569. The average Bonchev–Trinajstić information content (AvgIpc) is 2.80. The molecular formula is C23H26O9. The zero-order valence-corrected chi connectivity index (χ0v) is 18.8. The van der Waals surface area contributed by atoms with Gasteiger partial charge in [-0.3, -0.25) is 4.79 Å². The van der Waals surface area contributed by atoms with Gasteiger partial charge in [0.15, 0.2) is 23.0 Å². The Kier molecular flexibility index (Phi) is 8.76. The Morgan fingerprint density at radius 3 is 1.69 bits per heavy atom.